The quantitative estimate of drug-likeness (QED) is 0.489. The molecule has 1 heterocycles. The van der Waals surface area contributed by atoms with Crippen LogP contribution >= 0.6 is 0 Å². The van der Waals surface area contributed by atoms with E-state index in [1.807, 2.05) is 19.9 Å². The van der Waals surface area contributed by atoms with Crippen molar-refractivity contribution in [1.82, 2.24) is 20.4 Å². The number of carbonyl (C=O) groups is 3. The number of nitrogens with one attached hydrogen (secondary N) is 2. The summed E-state index contributed by atoms with van der Waals surface area (Å²) >= 11 is 0. The summed E-state index contributed by atoms with van der Waals surface area (Å²) in [7, 11) is 1.58. The summed E-state index contributed by atoms with van der Waals surface area (Å²) in [6.07, 6.45) is 9.53. The molecule has 4 N–H and O–H groups in total. The van der Waals surface area contributed by atoms with Crippen LogP contribution in [0.3, 0.4) is 0 Å². The molecular formula is C25H37N5O5. The Morgan fingerprint density at radius 2 is 1.94 bits per heavy atom. The second-order valence-corrected chi connectivity index (χ2v) is 11.2. The van der Waals surface area contributed by atoms with Crippen molar-refractivity contribution in [2.75, 3.05) is 13.7 Å². The van der Waals surface area contributed by atoms with Crippen LogP contribution in [-0.2, 0) is 20.9 Å². The highest BCUT2D eigenvalue weighted by Crippen LogP contribution is 2.60. The Kier molecular flexibility index (Phi) is 6.95. The number of aromatic nitrogens is 2. The van der Waals surface area contributed by atoms with Gasteiger partial charge >= 0.3 is 6.09 Å². The summed E-state index contributed by atoms with van der Waals surface area (Å²) in [6.45, 7) is 5.83. The molecule has 1 aromatic rings. The van der Waals surface area contributed by atoms with Gasteiger partial charge in [-0.2, -0.15) is 5.10 Å². The lowest BCUT2D eigenvalue weighted by Crippen LogP contribution is -2.60. The van der Waals surface area contributed by atoms with Crippen molar-refractivity contribution in [2.45, 2.75) is 71.1 Å². The molecule has 0 saturated heterocycles. The molecule has 10 heteroatoms. The molecule has 0 radical (unpaired) electrons. The first-order valence-electron chi connectivity index (χ1n) is 12.3. The number of nitrogens with zero attached hydrogens (tertiary/aromatic N) is 2. The monoisotopic (exact) mass is 487 g/mol. The van der Waals surface area contributed by atoms with Crippen molar-refractivity contribution < 1.29 is 23.9 Å². The number of primary amides is 1. The van der Waals surface area contributed by atoms with E-state index in [0.717, 1.165) is 32.1 Å². The molecule has 4 saturated carbocycles. The summed E-state index contributed by atoms with van der Waals surface area (Å²) < 4.78 is 12.2. The van der Waals surface area contributed by atoms with E-state index in [2.05, 4.69) is 15.7 Å². The van der Waals surface area contributed by atoms with E-state index in [4.69, 9.17) is 15.2 Å². The number of rotatable bonds is 9. The fraction of sp³-hybridized carbons (Fsp3) is 0.680. The van der Waals surface area contributed by atoms with Crippen LogP contribution in [0, 0.1) is 23.2 Å². The number of methoxy groups -OCH3 is 1. The summed E-state index contributed by atoms with van der Waals surface area (Å²) in [4.78, 5) is 36.0. The lowest BCUT2D eigenvalue weighted by Gasteiger charge is -2.59. The van der Waals surface area contributed by atoms with Gasteiger partial charge in [0.25, 0.3) is 5.91 Å². The first-order valence-corrected chi connectivity index (χ1v) is 12.3. The second-order valence-electron chi connectivity index (χ2n) is 11.2. The number of hydrogen-bond donors (Lipinski definition) is 3. The van der Waals surface area contributed by atoms with Crippen molar-refractivity contribution >= 4 is 24.1 Å². The Morgan fingerprint density at radius 1 is 1.26 bits per heavy atom. The van der Waals surface area contributed by atoms with Crippen molar-refractivity contribution in [2.24, 2.45) is 28.9 Å². The average molecular weight is 488 g/mol. The predicted molar refractivity (Wildman–Crippen MR) is 129 cm³/mol. The van der Waals surface area contributed by atoms with E-state index in [0.29, 0.717) is 35.6 Å². The minimum absolute atomic E-state index is 0.00957. The SMILES string of the molecule is COCc1c(C(=O)N[C@H]2C3CC4CC2C[C@](COC(N)=O)(C4)C3)cnn1/C=C/C(C)(C)NC(C)=O. The van der Waals surface area contributed by atoms with Crippen LogP contribution in [0.4, 0.5) is 4.79 Å². The fourth-order valence-electron chi connectivity index (χ4n) is 6.80. The molecular weight excluding hydrogens is 450 g/mol. The summed E-state index contributed by atoms with van der Waals surface area (Å²) in [5.41, 5.74) is 5.78. The number of hydrogen-bond acceptors (Lipinski definition) is 6. The minimum Gasteiger partial charge on any atom is -0.449 e. The zero-order valence-electron chi connectivity index (χ0n) is 21.0. The van der Waals surface area contributed by atoms with Crippen LogP contribution in [0.25, 0.3) is 6.20 Å². The van der Waals surface area contributed by atoms with Crippen LogP contribution in [0.15, 0.2) is 12.3 Å². The lowest BCUT2D eigenvalue weighted by molar-refractivity contribution is -0.120. The van der Waals surface area contributed by atoms with Gasteiger partial charge in [-0.3, -0.25) is 9.59 Å². The van der Waals surface area contributed by atoms with Crippen LogP contribution < -0.4 is 16.4 Å². The zero-order chi connectivity index (χ0) is 25.4. The molecule has 4 aliphatic rings. The molecule has 0 spiro atoms. The molecule has 1 aromatic heterocycles. The summed E-state index contributed by atoms with van der Waals surface area (Å²) in [5, 5.41) is 10.6. The van der Waals surface area contributed by atoms with E-state index in [9.17, 15) is 14.4 Å². The number of ether oxygens (including phenoxy) is 2. The van der Waals surface area contributed by atoms with Gasteiger partial charge in [0.2, 0.25) is 5.91 Å². The molecule has 4 fully saturated rings. The molecule has 2 atom stereocenters. The maximum absolute atomic E-state index is 13.4. The molecule has 4 aliphatic carbocycles. The van der Waals surface area contributed by atoms with Gasteiger partial charge in [0, 0.05) is 31.7 Å². The van der Waals surface area contributed by atoms with E-state index in [1.54, 1.807) is 24.2 Å². The minimum atomic E-state index is -0.720. The Bertz CT molecular complexity index is 1000. The topological polar surface area (TPSA) is 138 Å². The van der Waals surface area contributed by atoms with Crippen molar-refractivity contribution in [3.63, 3.8) is 0 Å². The third-order valence-electron chi connectivity index (χ3n) is 7.77. The molecule has 10 nitrogen and oxygen atoms in total. The third-order valence-corrected chi connectivity index (χ3v) is 7.77. The fourth-order valence-corrected chi connectivity index (χ4v) is 6.80. The van der Waals surface area contributed by atoms with Gasteiger partial charge in [0.1, 0.15) is 0 Å². The van der Waals surface area contributed by atoms with Crippen LogP contribution in [0.1, 0.15) is 68.9 Å². The van der Waals surface area contributed by atoms with E-state index < -0.39 is 11.6 Å². The molecule has 0 aliphatic heterocycles. The Morgan fingerprint density at radius 3 is 2.54 bits per heavy atom. The molecule has 4 bridgehead atoms. The molecule has 0 aromatic carbocycles. The number of carbonyl (C=O) groups excluding carboxylic acids is 3. The average Bonchev–Trinajstić information content (AvgIpc) is 3.15. The highest BCUT2D eigenvalue weighted by Gasteiger charge is 2.56. The van der Waals surface area contributed by atoms with Gasteiger partial charge in [-0.15, -0.1) is 0 Å². The zero-order valence-corrected chi connectivity index (χ0v) is 21.0. The summed E-state index contributed by atoms with van der Waals surface area (Å²) in [6, 6.07) is 0.0914. The Balaban J connectivity index is 1.48. The Labute approximate surface area is 206 Å². The summed E-state index contributed by atoms with van der Waals surface area (Å²) in [5.74, 6) is 1.05. The van der Waals surface area contributed by atoms with Crippen LogP contribution in [0.2, 0.25) is 0 Å². The maximum Gasteiger partial charge on any atom is 0.404 e. The third kappa shape index (κ3) is 5.52. The smallest absolute Gasteiger partial charge is 0.404 e. The second kappa shape index (κ2) is 9.64. The Hall–Kier alpha value is -2.88. The van der Waals surface area contributed by atoms with Gasteiger partial charge < -0.3 is 25.8 Å². The highest BCUT2D eigenvalue weighted by atomic mass is 16.5. The molecule has 192 valence electrons. The van der Waals surface area contributed by atoms with Crippen LogP contribution in [-0.4, -0.2) is 53.0 Å². The lowest BCUT2D eigenvalue weighted by atomic mass is 9.48. The normalized spacial score (nSPS) is 29.4. The highest BCUT2D eigenvalue weighted by molar-refractivity contribution is 5.95. The van der Waals surface area contributed by atoms with Gasteiger partial charge in [0.15, 0.2) is 0 Å². The van der Waals surface area contributed by atoms with Gasteiger partial charge in [-0.25, -0.2) is 9.48 Å². The van der Waals surface area contributed by atoms with Crippen molar-refractivity contribution in [3.05, 3.63) is 23.5 Å². The number of amides is 3. The maximum atomic E-state index is 13.4. The standard InChI is InChI=1S/C25H37N5O5/c1-15(31)29-24(2,3)5-6-30-20(13-34-4)19(12-27-30)22(32)28-21-17-7-16-8-18(21)11-25(9-16,10-17)14-35-23(26)33/h5-6,12,16-18,21H,7-11,13-14H2,1-4H3,(H2,26,33)(H,28,32)(H,29,31)/b6-5+/t16?,17?,18?,21-,25-. The van der Waals surface area contributed by atoms with Crippen molar-refractivity contribution in [1.29, 1.82) is 0 Å². The molecule has 5 rings (SSSR count). The molecule has 3 amide bonds. The first-order chi connectivity index (χ1) is 16.5. The van der Waals surface area contributed by atoms with Crippen LogP contribution in [0.5, 0.6) is 0 Å². The van der Waals surface area contributed by atoms with Gasteiger partial charge in [-0.05, 0) is 69.8 Å². The van der Waals surface area contributed by atoms with Gasteiger partial charge in [-0.1, -0.05) is 0 Å². The van der Waals surface area contributed by atoms with Crippen molar-refractivity contribution in [3.8, 4) is 0 Å². The van der Waals surface area contributed by atoms with E-state index in [-0.39, 0.29) is 29.9 Å². The molecule has 2 unspecified atom stereocenters. The van der Waals surface area contributed by atoms with Gasteiger partial charge in [0.05, 0.1) is 36.2 Å². The first kappa shape index (κ1) is 25.2. The van der Waals surface area contributed by atoms with E-state index >= 15 is 0 Å². The molecule has 35 heavy (non-hydrogen) atoms. The largest absolute Gasteiger partial charge is 0.449 e. The predicted octanol–water partition coefficient (Wildman–Crippen LogP) is 2.43. The van der Waals surface area contributed by atoms with E-state index in [1.165, 1.54) is 6.92 Å². The number of nitrogens with two attached hydrogens (primary N) is 1.